The molecule has 5 nitrogen and oxygen atoms in total. The molecule has 114 valence electrons. The van der Waals surface area contributed by atoms with E-state index >= 15 is 0 Å². The molecule has 2 aromatic carbocycles. The average molecular weight is 363 g/mol. The highest BCUT2D eigenvalue weighted by molar-refractivity contribution is 9.10. The Morgan fingerprint density at radius 1 is 1.14 bits per heavy atom. The number of methoxy groups -OCH3 is 1. The average Bonchev–Trinajstić information content (AvgIpc) is 2.52. The van der Waals surface area contributed by atoms with Gasteiger partial charge in [0.1, 0.15) is 0 Å². The first kappa shape index (κ1) is 16.0. The first-order valence-electron chi connectivity index (χ1n) is 6.56. The van der Waals surface area contributed by atoms with E-state index in [0.717, 1.165) is 10.0 Å². The number of nitrogens with one attached hydrogen (secondary N) is 2. The van der Waals surface area contributed by atoms with Gasteiger partial charge < -0.3 is 15.4 Å². The standard InChI is InChI=1S/C16H15BrN2O3/c1-22-15(20)12-5-3-7-14(9-12)19-16(21)18-10-11-4-2-6-13(17)8-11/h2-9H,10H2,1H3,(H2,18,19,21). The van der Waals surface area contributed by atoms with Gasteiger partial charge >= 0.3 is 12.0 Å². The Labute approximate surface area is 136 Å². The van der Waals surface area contributed by atoms with E-state index in [1.807, 2.05) is 24.3 Å². The van der Waals surface area contributed by atoms with Crippen molar-refractivity contribution in [1.29, 1.82) is 0 Å². The highest BCUT2D eigenvalue weighted by Gasteiger charge is 2.07. The fourth-order valence-corrected chi connectivity index (χ4v) is 2.29. The van der Waals surface area contributed by atoms with Crippen LogP contribution < -0.4 is 10.6 Å². The number of anilines is 1. The summed E-state index contributed by atoms with van der Waals surface area (Å²) in [5.41, 5.74) is 1.88. The van der Waals surface area contributed by atoms with E-state index in [9.17, 15) is 9.59 Å². The van der Waals surface area contributed by atoms with Crippen molar-refractivity contribution in [1.82, 2.24) is 5.32 Å². The van der Waals surface area contributed by atoms with Gasteiger partial charge in [-0.2, -0.15) is 0 Å². The minimum Gasteiger partial charge on any atom is -0.465 e. The van der Waals surface area contributed by atoms with Gasteiger partial charge in [-0.1, -0.05) is 34.1 Å². The second kappa shape index (κ2) is 7.61. The Bertz CT molecular complexity index is 689. The van der Waals surface area contributed by atoms with Gasteiger partial charge in [0.15, 0.2) is 0 Å². The number of carbonyl (C=O) groups excluding carboxylic acids is 2. The number of amides is 2. The van der Waals surface area contributed by atoms with Crippen molar-refractivity contribution >= 4 is 33.6 Å². The van der Waals surface area contributed by atoms with Crippen molar-refractivity contribution < 1.29 is 14.3 Å². The summed E-state index contributed by atoms with van der Waals surface area (Å²) in [6.45, 7) is 0.405. The highest BCUT2D eigenvalue weighted by atomic mass is 79.9. The van der Waals surface area contributed by atoms with Crippen LogP contribution in [0.3, 0.4) is 0 Å². The summed E-state index contributed by atoms with van der Waals surface area (Å²) < 4.78 is 5.60. The van der Waals surface area contributed by atoms with Crippen LogP contribution >= 0.6 is 15.9 Å². The molecule has 2 rings (SSSR count). The molecule has 2 N–H and O–H groups in total. The molecular formula is C16H15BrN2O3. The lowest BCUT2D eigenvalue weighted by atomic mass is 10.2. The van der Waals surface area contributed by atoms with Crippen LogP contribution in [-0.2, 0) is 11.3 Å². The van der Waals surface area contributed by atoms with Crippen molar-refractivity contribution in [2.24, 2.45) is 0 Å². The van der Waals surface area contributed by atoms with Crippen LogP contribution in [0.25, 0.3) is 0 Å². The molecule has 0 aliphatic rings. The molecule has 0 saturated carbocycles. The maximum absolute atomic E-state index is 11.9. The molecule has 0 bridgehead atoms. The topological polar surface area (TPSA) is 67.4 Å². The lowest BCUT2D eigenvalue weighted by Crippen LogP contribution is -2.28. The molecule has 2 aromatic rings. The summed E-state index contributed by atoms with van der Waals surface area (Å²) >= 11 is 3.38. The van der Waals surface area contributed by atoms with Gasteiger partial charge in [-0.05, 0) is 35.9 Å². The molecule has 0 aliphatic heterocycles. The zero-order valence-electron chi connectivity index (χ0n) is 11.9. The molecule has 0 heterocycles. The van der Waals surface area contributed by atoms with E-state index in [1.54, 1.807) is 24.3 Å². The van der Waals surface area contributed by atoms with E-state index in [-0.39, 0.29) is 6.03 Å². The molecule has 0 aromatic heterocycles. The third-order valence-corrected chi connectivity index (χ3v) is 3.38. The minimum absolute atomic E-state index is 0.345. The number of halogens is 1. The van der Waals surface area contributed by atoms with Gasteiger partial charge in [0.2, 0.25) is 0 Å². The third kappa shape index (κ3) is 4.60. The number of carbonyl (C=O) groups is 2. The minimum atomic E-state index is -0.446. The highest BCUT2D eigenvalue weighted by Crippen LogP contribution is 2.13. The van der Waals surface area contributed by atoms with Crippen molar-refractivity contribution in [3.8, 4) is 0 Å². The largest absolute Gasteiger partial charge is 0.465 e. The second-order valence-electron chi connectivity index (χ2n) is 4.51. The maximum Gasteiger partial charge on any atom is 0.337 e. The van der Waals surface area contributed by atoms with Crippen LogP contribution in [0.15, 0.2) is 53.0 Å². The zero-order valence-corrected chi connectivity index (χ0v) is 13.5. The Morgan fingerprint density at radius 2 is 1.91 bits per heavy atom. The Balaban J connectivity index is 1.93. The molecule has 0 saturated heterocycles. The zero-order chi connectivity index (χ0) is 15.9. The van der Waals surface area contributed by atoms with Gasteiger partial charge in [0.05, 0.1) is 12.7 Å². The number of hydrogen-bond donors (Lipinski definition) is 2. The number of esters is 1. The number of urea groups is 1. The monoisotopic (exact) mass is 362 g/mol. The molecule has 0 atom stereocenters. The third-order valence-electron chi connectivity index (χ3n) is 2.88. The van der Waals surface area contributed by atoms with Gasteiger partial charge in [-0.25, -0.2) is 9.59 Å². The summed E-state index contributed by atoms with van der Waals surface area (Å²) in [4.78, 5) is 23.3. The SMILES string of the molecule is COC(=O)c1cccc(NC(=O)NCc2cccc(Br)c2)c1. The molecule has 0 fully saturated rings. The quantitative estimate of drug-likeness (QED) is 0.817. The van der Waals surface area contributed by atoms with Crippen LogP contribution in [0, 0.1) is 0 Å². The van der Waals surface area contributed by atoms with Crippen LogP contribution in [0.4, 0.5) is 10.5 Å². The molecule has 6 heteroatoms. The summed E-state index contributed by atoms with van der Waals surface area (Å²) in [5.74, 6) is -0.446. The summed E-state index contributed by atoms with van der Waals surface area (Å²) in [7, 11) is 1.31. The first-order valence-corrected chi connectivity index (χ1v) is 7.35. The maximum atomic E-state index is 11.9. The van der Waals surface area contributed by atoms with Gasteiger partial charge in [0.25, 0.3) is 0 Å². The molecule has 2 amide bonds. The fraction of sp³-hybridized carbons (Fsp3) is 0.125. The summed E-state index contributed by atoms with van der Waals surface area (Å²) in [6.07, 6.45) is 0. The van der Waals surface area contributed by atoms with E-state index in [1.165, 1.54) is 7.11 Å². The van der Waals surface area contributed by atoms with E-state index < -0.39 is 5.97 Å². The molecule has 0 unspecified atom stereocenters. The molecular weight excluding hydrogens is 348 g/mol. The first-order chi connectivity index (χ1) is 10.6. The van der Waals surface area contributed by atoms with Crippen LogP contribution in [0.5, 0.6) is 0 Å². The second-order valence-corrected chi connectivity index (χ2v) is 5.43. The van der Waals surface area contributed by atoms with Crippen LogP contribution in [0.1, 0.15) is 15.9 Å². The summed E-state index contributed by atoms with van der Waals surface area (Å²) in [5, 5.41) is 5.43. The number of benzene rings is 2. The normalized spacial score (nSPS) is 9.91. The lowest BCUT2D eigenvalue weighted by Gasteiger charge is -2.09. The van der Waals surface area contributed by atoms with Crippen molar-refractivity contribution in [2.45, 2.75) is 6.54 Å². The van der Waals surface area contributed by atoms with Crippen LogP contribution in [-0.4, -0.2) is 19.1 Å². The Kier molecular flexibility index (Phi) is 5.55. The van der Waals surface area contributed by atoms with Crippen LogP contribution in [0.2, 0.25) is 0 Å². The van der Waals surface area contributed by atoms with E-state index in [2.05, 4.69) is 31.3 Å². The molecule has 0 radical (unpaired) electrons. The van der Waals surface area contributed by atoms with E-state index in [0.29, 0.717) is 17.8 Å². The van der Waals surface area contributed by atoms with Gasteiger partial charge in [0, 0.05) is 16.7 Å². The Morgan fingerprint density at radius 3 is 2.64 bits per heavy atom. The molecule has 0 spiro atoms. The fourth-order valence-electron chi connectivity index (χ4n) is 1.85. The van der Waals surface area contributed by atoms with Gasteiger partial charge in [-0.15, -0.1) is 0 Å². The van der Waals surface area contributed by atoms with Crippen molar-refractivity contribution in [3.05, 3.63) is 64.1 Å². The summed E-state index contributed by atoms with van der Waals surface area (Å²) in [6, 6.07) is 13.9. The van der Waals surface area contributed by atoms with Crippen molar-refractivity contribution in [3.63, 3.8) is 0 Å². The Hall–Kier alpha value is -2.34. The molecule has 22 heavy (non-hydrogen) atoms. The molecule has 0 aliphatic carbocycles. The predicted molar refractivity (Wildman–Crippen MR) is 87.8 cm³/mol. The lowest BCUT2D eigenvalue weighted by molar-refractivity contribution is 0.0600. The number of rotatable bonds is 4. The van der Waals surface area contributed by atoms with Crippen molar-refractivity contribution in [2.75, 3.05) is 12.4 Å². The van der Waals surface area contributed by atoms with Gasteiger partial charge in [-0.3, -0.25) is 0 Å². The smallest absolute Gasteiger partial charge is 0.337 e. The van der Waals surface area contributed by atoms with E-state index in [4.69, 9.17) is 0 Å². The predicted octanol–water partition coefficient (Wildman–Crippen LogP) is 3.56. The number of hydrogen-bond acceptors (Lipinski definition) is 3. The number of ether oxygens (including phenoxy) is 1.